The van der Waals surface area contributed by atoms with Gasteiger partial charge >= 0.3 is 0 Å². The van der Waals surface area contributed by atoms with E-state index in [9.17, 15) is 0 Å². The Morgan fingerprint density at radius 1 is 1.00 bits per heavy atom. The fraction of sp³-hybridized carbons (Fsp3) is 0.250. The third kappa shape index (κ3) is 2.60. The molecule has 2 rings (SSSR count). The highest BCUT2D eigenvalue weighted by molar-refractivity contribution is 6.30. The van der Waals surface area contributed by atoms with Crippen molar-refractivity contribution in [3.05, 3.63) is 58.6 Å². The number of rotatable bonds is 4. The molecule has 106 valence electrons. The molecule has 0 radical (unpaired) electrons. The third-order valence-corrected chi connectivity index (χ3v) is 3.61. The maximum atomic E-state index is 6.56. The molecular formula is C16H18ClNO2. The Hall–Kier alpha value is -1.71. The van der Waals surface area contributed by atoms with Crippen molar-refractivity contribution < 1.29 is 9.47 Å². The minimum Gasteiger partial charge on any atom is -0.496 e. The molecule has 0 heterocycles. The minimum absolute atomic E-state index is 0.646. The minimum atomic E-state index is -0.775. The molecule has 0 amide bonds. The molecule has 20 heavy (non-hydrogen) atoms. The molecule has 1 unspecified atom stereocenters. The lowest BCUT2D eigenvalue weighted by molar-refractivity contribution is 0.369. The Bertz CT molecular complexity index is 589. The van der Waals surface area contributed by atoms with E-state index < -0.39 is 5.54 Å². The number of hydrogen-bond donors (Lipinski definition) is 1. The zero-order chi connectivity index (χ0) is 14.8. The first-order chi connectivity index (χ1) is 9.50. The molecule has 1 atom stereocenters. The summed E-state index contributed by atoms with van der Waals surface area (Å²) in [5.41, 5.74) is 7.48. The predicted octanol–water partition coefficient (Wildman–Crippen LogP) is 3.58. The van der Waals surface area contributed by atoms with Crippen LogP contribution < -0.4 is 15.2 Å². The Morgan fingerprint density at radius 3 is 2.05 bits per heavy atom. The fourth-order valence-electron chi connectivity index (χ4n) is 2.32. The molecular weight excluding hydrogens is 274 g/mol. The van der Waals surface area contributed by atoms with Gasteiger partial charge in [0.1, 0.15) is 11.5 Å². The standard InChI is InChI=1S/C16H18ClNO2/c1-16(18,11-6-4-7-12(17)10-11)15-13(19-2)8-5-9-14(15)20-3/h4-10H,18H2,1-3H3. The van der Waals surface area contributed by atoms with Crippen molar-refractivity contribution in [2.45, 2.75) is 12.5 Å². The van der Waals surface area contributed by atoms with Gasteiger partial charge in [0.2, 0.25) is 0 Å². The van der Waals surface area contributed by atoms with E-state index in [2.05, 4.69) is 0 Å². The first kappa shape index (κ1) is 14.7. The van der Waals surface area contributed by atoms with Crippen LogP contribution in [0.15, 0.2) is 42.5 Å². The van der Waals surface area contributed by atoms with Crippen LogP contribution in [0.3, 0.4) is 0 Å². The number of benzene rings is 2. The van der Waals surface area contributed by atoms with Gasteiger partial charge in [-0.05, 0) is 36.8 Å². The Kier molecular flexibility index (Phi) is 4.21. The van der Waals surface area contributed by atoms with Gasteiger partial charge in [-0.25, -0.2) is 0 Å². The highest BCUT2D eigenvalue weighted by Crippen LogP contribution is 2.40. The number of ether oxygens (including phenoxy) is 2. The lowest BCUT2D eigenvalue weighted by atomic mass is 9.84. The van der Waals surface area contributed by atoms with Crippen LogP contribution in [0.25, 0.3) is 0 Å². The van der Waals surface area contributed by atoms with Gasteiger partial charge in [0.25, 0.3) is 0 Å². The summed E-state index contributed by atoms with van der Waals surface area (Å²) in [5, 5.41) is 0.646. The Labute approximate surface area is 124 Å². The molecule has 0 saturated heterocycles. The van der Waals surface area contributed by atoms with Gasteiger partial charge in [0.05, 0.1) is 25.3 Å². The molecule has 0 spiro atoms. The average molecular weight is 292 g/mol. The normalized spacial score (nSPS) is 13.7. The molecule has 2 aromatic carbocycles. The van der Waals surface area contributed by atoms with Crippen LogP contribution in [0.1, 0.15) is 18.1 Å². The number of hydrogen-bond acceptors (Lipinski definition) is 3. The van der Waals surface area contributed by atoms with Gasteiger partial charge in [-0.2, -0.15) is 0 Å². The quantitative estimate of drug-likeness (QED) is 0.936. The number of methoxy groups -OCH3 is 2. The SMILES string of the molecule is COc1cccc(OC)c1C(C)(N)c1cccc(Cl)c1. The maximum absolute atomic E-state index is 6.56. The molecule has 0 aliphatic rings. The highest BCUT2D eigenvalue weighted by Gasteiger charge is 2.31. The Balaban J connectivity index is 2.64. The predicted molar refractivity (Wildman–Crippen MR) is 81.6 cm³/mol. The van der Waals surface area contributed by atoms with Gasteiger partial charge in [-0.1, -0.05) is 29.8 Å². The molecule has 3 nitrogen and oxygen atoms in total. The largest absolute Gasteiger partial charge is 0.496 e. The molecule has 0 saturated carbocycles. The lowest BCUT2D eigenvalue weighted by Gasteiger charge is -2.29. The Morgan fingerprint density at radius 2 is 1.55 bits per heavy atom. The second-order valence-corrected chi connectivity index (χ2v) is 5.19. The van der Waals surface area contributed by atoms with Crippen LogP contribution in [-0.2, 0) is 5.54 Å². The smallest absolute Gasteiger partial charge is 0.127 e. The van der Waals surface area contributed by atoms with E-state index in [4.69, 9.17) is 26.8 Å². The molecule has 4 heteroatoms. The monoisotopic (exact) mass is 291 g/mol. The summed E-state index contributed by atoms with van der Waals surface area (Å²) in [6.07, 6.45) is 0. The van der Waals surface area contributed by atoms with Gasteiger partial charge in [0, 0.05) is 5.02 Å². The van der Waals surface area contributed by atoms with E-state index >= 15 is 0 Å². The van der Waals surface area contributed by atoms with Crippen LogP contribution in [0, 0.1) is 0 Å². The van der Waals surface area contributed by atoms with Crippen LogP contribution in [0.5, 0.6) is 11.5 Å². The fourth-order valence-corrected chi connectivity index (χ4v) is 2.51. The molecule has 0 aliphatic heterocycles. The second-order valence-electron chi connectivity index (χ2n) is 4.75. The van der Waals surface area contributed by atoms with Crippen molar-refractivity contribution >= 4 is 11.6 Å². The highest BCUT2D eigenvalue weighted by atomic mass is 35.5. The topological polar surface area (TPSA) is 44.5 Å². The second kappa shape index (κ2) is 5.73. The van der Waals surface area contributed by atoms with E-state index in [0.717, 1.165) is 11.1 Å². The molecule has 0 aliphatic carbocycles. The summed E-state index contributed by atoms with van der Waals surface area (Å²) in [5.74, 6) is 1.38. The third-order valence-electron chi connectivity index (χ3n) is 3.37. The van der Waals surface area contributed by atoms with Crippen molar-refractivity contribution in [3.63, 3.8) is 0 Å². The van der Waals surface area contributed by atoms with Crippen molar-refractivity contribution in [3.8, 4) is 11.5 Å². The summed E-state index contributed by atoms with van der Waals surface area (Å²) >= 11 is 6.07. The number of halogens is 1. The van der Waals surface area contributed by atoms with Gasteiger partial charge < -0.3 is 15.2 Å². The van der Waals surface area contributed by atoms with Gasteiger partial charge in [0.15, 0.2) is 0 Å². The lowest BCUT2D eigenvalue weighted by Crippen LogP contribution is -2.35. The van der Waals surface area contributed by atoms with Crippen molar-refractivity contribution in [1.82, 2.24) is 0 Å². The van der Waals surface area contributed by atoms with Crippen LogP contribution in [-0.4, -0.2) is 14.2 Å². The van der Waals surface area contributed by atoms with Crippen LogP contribution in [0.4, 0.5) is 0 Å². The van der Waals surface area contributed by atoms with Crippen LogP contribution >= 0.6 is 11.6 Å². The first-order valence-electron chi connectivity index (χ1n) is 6.27. The van der Waals surface area contributed by atoms with Gasteiger partial charge in [-0.3, -0.25) is 0 Å². The first-order valence-corrected chi connectivity index (χ1v) is 6.65. The van der Waals surface area contributed by atoms with Crippen LogP contribution in [0.2, 0.25) is 5.02 Å². The summed E-state index contributed by atoms with van der Waals surface area (Å²) in [4.78, 5) is 0. The maximum Gasteiger partial charge on any atom is 0.127 e. The van der Waals surface area contributed by atoms with Crippen molar-refractivity contribution in [1.29, 1.82) is 0 Å². The molecule has 0 fully saturated rings. The van der Waals surface area contributed by atoms with E-state index in [1.807, 2.05) is 49.4 Å². The van der Waals surface area contributed by atoms with E-state index in [1.165, 1.54) is 0 Å². The average Bonchev–Trinajstić information content (AvgIpc) is 2.46. The molecule has 2 N–H and O–H groups in total. The van der Waals surface area contributed by atoms with Crippen molar-refractivity contribution in [2.75, 3.05) is 14.2 Å². The van der Waals surface area contributed by atoms with E-state index in [-0.39, 0.29) is 0 Å². The molecule has 0 aromatic heterocycles. The van der Waals surface area contributed by atoms with E-state index in [1.54, 1.807) is 14.2 Å². The number of nitrogens with two attached hydrogens (primary N) is 1. The summed E-state index contributed by atoms with van der Waals surface area (Å²) in [7, 11) is 3.23. The van der Waals surface area contributed by atoms with Gasteiger partial charge in [-0.15, -0.1) is 0 Å². The summed E-state index contributed by atoms with van der Waals surface area (Å²) in [6.45, 7) is 1.92. The zero-order valence-corrected chi connectivity index (χ0v) is 12.6. The molecule has 2 aromatic rings. The van der Waals surface area contributed by atoms with E-state index in [0.29, 0.717) is 16.5 Å². The van der Waals surface area contributed by atoms with Crippen molar-refractivity contribution in [2.24, 2.45) is 5.73 Å². The summed E-state index contributed by atoms with van der Waals surface area (Å²) < 4.78 is 10.9. The molecule has 0 bridgehead atoms. The summed E-state index contributed by atoms with van der Waals surface area (Å²) in [6, 6.07) is 13.1. The zero-order valence-electron chi connectivity index (χ0n) is 11.8.